The van der Waals surface area contributed by atoms with Crippen molar-refractivity contribution in [2.75, 3.05) is 0 Å². The minimum absolute atomic E-state index is 0.0318. The van der Waals surface area contributed by atoms with Crippen LogP contribution in [0.4, 0.5) is 0 Å². The van der Waals surface area contributed by atoms with E-state index in [4.69, 9.17) is 4.98 Å². The summed E-state index contributed by atoms with van der Waals surface area (Å²) in [7, 11) is 1.83. The van der Waals surface area contributed by atoms with E-state index in [2.05, 4.69) is 36.1 Å². The van der Waals surface area contributed by atoms with Gasteiger partial charge in [0.05, 0.1) is 17.4 Å². The molecule has 0 amide bonds. The summed E-state index contributed by atoms with van der Waals surface area (Å²) in [6, 6.07) is 18.6. The van der Waals surface area contributed by atoms with Crippen LogP contribution >= 0.6 is 0 Å². The molecular weight excluding hydrogens is 322 g/mol. The van der Waals surface area contributed by atoms with Crippen molar-refractivity contribution in [2.24, 2.45) is 13.0 Å². The highest BCUT2D eigenvalue weighted by Gasteiger charge is 2.32. The maximum Gasteiger partial charge on any atom is 0.261 e. The van der Waals surface area contributed by atoms with Crippen LogP contribution in [0.15, 0.2) is 59.4 Å². The van der Waals surface area contributed by atoms with E-state index < -0.39 is 0 Å². The smallest absolute Gasteiger partial charge is 0.261 e. The van der Waals surface area contributed by atoms with Crippen molar-refractivity contribution < 1.29 is 0 Å². The van der Waals surface area contributed by atoms with Crippen LogP contribution < -0.4 is 5.56 Å². The second-order valence-electron chi connectivity index (χ2n) is 7.38. The van der Waals surface area contributed by atoms with E-state index in [1.54, 1.807) is 4.57 Å². The molecule has 1 fully saturated rings. The Morgan fingerprint density at radius 2 is 1.77 bits per heavy atom. The summed E-state index contributed by atoms with van der Waals surface area (Å²) in [4.78, 5) is 20.0. The zero-order chi connectivity index (χ0) is 18.1. The molecule has 0 saturated heterocycles. The highest BCUT2D eigenvalue weighted by molar-refractivity contribution is 5.77. The molecule has 0 bridgehead atoms. The Kier molecular flexibility index (Phi) is 4.60. The molecule has 134 valence electrons. The van der Waals surface area contributed by atoms with Crippen molar-refractivity contribution in [1.29, 1.82) is 0 Å². The van der Waals surface area contributed by atoms with Crippen LogP contribution in [0.3, 0.4) is 0 Å². The fourth-order valence-electron chi connectivity index (χ4n) is 3.63. The molecule has 1 saturated carbocycles. The molecule has 0 aliphatic heterocycles. The topological polar surface area (TPSA) is 38.1 Å². The van der Waals surface area contributed by atoms with Gasteiger partial charge in [0.2, 0.25) is 0 Å². The fraction of sp³-hybridized carbons (Fsp3) is 0.364. The number of para-hydroxylation sites is 1. The lowest BCUT2D eigenvalue weighted by Crippen LogP contribution is -2.36. The number of fused-ring (bicyclic) bond motifs is 1. The number of hydrogen-bond donors (Lipinski definition) is 0. The standard InChI is InChI=1S/C22H25N3O/c1-16(18-12-13-18)25(14-17-8-4-3-5-9-17)15-21-23-20-11-7-6-10-19(20)22(26)24(21)2/h3-11,16,18H,12-15H2,1-2H3. The van der Waals surface area contributed by atoms with Crippen LogP contribution in [0.5, 0.6) is 0 Å². The second kappa shape index (κ2) is 7.04. The molecule has 1 atom stereocenters. The first-order valence-corrected chi connectivity index (χ1v) is 9.36. The summed E-state index contributed by atoms with van der Waals surface area (Å²) in [6.07, 6.45) is 2.60. The molecule has 26 heavy (non-hydrogen) atoms. The van der Waals surface area contributed by atoms with Crippen molar-refractivity contribution in [2.45, 2.75) is 38.9 Å². The molecule has 1 aromatic heterocycles. The van der Waals surface area contributed by atoms with E-state index in [9.17, 15) is 4.79 Å². The van der Waals surface area contributed by atoms with Crippen molar-refractivity contribution in [1.82, 2.24) is 14.5 Å². The van der Waals surface area contributed by atoms with Crippen molar-refractivity contribution in [3.05, 3.63) is 76.3 Å². The highest BCUT2D eigenvalue weighted by atomic mass is 16.1. The SMILES string of the molecule is CC(C1CC1)N(Cc1ccccc1)Cc1nc2ccccc2c(=O)n1C. The van der Waals surface area contributed by atoms with Gasteiger partial charge >= 0.3 is 0 Å². The monoisotopic (exact) mass is 347 g/mol. The van der Waals surface area contributed by atoms with E-state index >= 15 is 0 Å². The van der Waals surface area contributed by atoms with Gasteiger partial charge in [-0.2, -0.15) is 0 Å². The second-order valence-corrected chi connectivity index (χ2v) is 7.38. The lowest BCUT2D eigenvalue weighted by Gasteiger charge is -2.29. The van der Waals surface area contributed by atoms with E-state index in [-0.39, 0.29) is 5.56 Å². The van der Waals surface area contributed by atoms with Gasteiger partial charge in [0, 0.05) is 19.6 Å². The third kappa shape index (κ3) is 3.42. The molecule has 1 heterocycles. The molecule has 0 N–H and O–H groups in total. The van der Waals surface area contributed by atoms with Crippen molar-refractivity contribution in [3.8, 4) is 0 Å². The molecule has 1 unspecified atom stereocenters. The zero-order valence-electron chi connectivity index (χ0n) is 15.4. The lowest BCUT2D eigenvalue weighted by molar-refractivity contribution is 0.165. The molecule has 4 rings (SSSR count). The summed E-state index contributed by atoms with van der Waals surface area (Å²) in [6.45, 7) is 3.87. The summed E-state index contributed by atoms with van der Waals surface area (Å²) >= 11 is 0. The molecular formula is C22H25N3O. The molecule has 2 aromatic carbocycles. The molecule has 1 aliphatic rings. The minimum Gasteiger partial charge on any atom is -0.298 e. The molecule has 4 nitrogen and oxygen atoms in total. The maximum atomic E-state index is 12.7. The van der Waals surface area contributed by atoms with Gasteiger partial charge in [0.25, 0.3) is 5.56 Å². The Bertz CT molecular complexity index is 960. The fourth-order valence-corrected chi connectivity index (χ4v) is 3.63. The molecule has 1 aliphatic carbocycles. The Morgan fingerprint density at radius 3 is 2.50 bits per heavy atom. The van der Waals surface area contributed by atoms with Gasteiger partial charge in [-0.3, -0.25) is 14.3 Å². The Hall–Kier alpha value is -2.46. The predicted molar refractivity (Wildman–Crippen MR) is 105 cm³/mol. The zero-order valence-corrected chi connectivity index (χ0v) is 15.4. The number of rotatable bonds is 6. The van der Waals surface area contributed by atoms with Gasteiger partial charge in [-0.1, -0.05) is 42.5 Å². The summed E-state index contributed by atoms with van der Waals surface area (Å²) in [5.41, 5.74) is 2.11. The number of aromatic nitrogens is 2. The average molecular weight is 347 g/mol. The van der Waals surface area contributed by atoms with Crippen LogP contribution in [0, 0.1) is 5.92 Å². The van der Waals surface area contributed by atoms with E-state index in [0.717, 1.165) is 23.8 Å². The van der Waals surface area contributed by atoms with E-state index in [1.807, 2.05) is 37.4 Å². The van der Waals surface area contributed by atoms with Gasteiger partial charge in [-0.05, 0) is 43.4 Å². The first-order chi connectivity index (χ1) is 12.6. The van der Waals surface area contributed by atoms with Gasteiger partial charge < -0.3 is 0 Å². The number of hydrogen-bond acceptors (Lipinski definition) is 3. The third-order valence-corrected chi connectivity index (χ3v) is 5.53. The van der Waals surface area contributed by atoms with Gasteiger partial charge in [0.1, 0.15) is 5.82 Å². The molecule has 3 aromatic rings. The van der Waals surface area contributed by atoms with Crippen LogP contribution in [-0.4, -0.2) is 20.5 Å². The lowest BCUT2D eigenvalue weighted by atomic mass is 10.1. The highest BCUT2D eigenvalue weighted by Crippen LogP contribution is 2.36. The van der Waals surface area contributed by atoms with Crippen molar-refractivity contribution in [3.63, 3.8) is 0 Å². The van der Waals surface area contributed by atoms with E-state index in [1.165, 1.54) is 18.4 Å². The number of benzene rings is 2. The predicted octanol–water partition coefficient (Wildman–Crippen LogP) is 3.73. The Morgan fingerprint density at radius 1 is 1.08 bits per heavy atom. The van der Waals surface area contributed by atoms with Crippen LogP contribution in [0.1, 0.15) is 31.2 Å². The largest absolute Gasteiger partial charge is 0.298 e. The molecule has 0 radical (unpaired) electrons. The van der Waals surface area contributed by atoms with Crippen LogP contribution in [-0.2, 0) is 20.1 Å². The first kappa shape index (κ1) is 17.0. The Labute approximate surface area is 154 Å². The summed E-state index contributed by atoms with van der Waals surface area (Å²) in [5.74, 6) is 1.59. The first-order valence-electron chi connectivity index (χ1n) is 9.36. The minimum atomic E-state index is 0.0318. The Balaban J connectivity index is 1.68. The third-order valence-electron chi connectivity index (χ3n) is 5.53. The molecule has 4 heteroatoms. The maximum absolute atomic E-state index is 12.7. The van der Waals surface area contributed by atoms with Crippen LogP contribution in [0.25, 0.3) is 10.9 Å². The van der Waals surface area contributed by atoms with E-state index in [0.29, 0.717) is 18.0 Å². The van der Waals surface area contributed by atoms with Gasteiger partial charge in [0.15, 0.2) is 0 Å². The van der Waals surface area contributed by atoms with Gasteiger partial charge in [-0.15, -0.1) is 0 Å². The van der Waals surface area contributed by atoms with Crippen molar-refractivity contribution >= 4 is 10.9 Å². The number of nitrogens with zero attached hydrogens (tertiary/aromatic N) is 3. The van der Waals surface area contributed by atoms with Gasteiger partial charge in [-0.25, -0.2) is 4.98 Å². The summed E-state index contributed by atoms with van der Waals surface area (Å²) < 4.78 is 1.71. The average Bonchev–Trinajstić information content (AvgIpc) is 3.51. The van der Waals surface area contributed by atoms with Crippen LogP contribution in [0.2, 0.25) is 0 Å². The normalized spacial score (nSPS) is 15.5. The summed E-state index contributed by atoms with van der Waals surface area (Å²) in [5, 5.41) is 0.684. The molecule has 0 spiro atoms. The quantitative estimate of drug-likeness (QED) is 0.682.